The molecule has 0 bridgehead atoms. The molecule has 0 spiro atoms. The largest absolute Gasteiger partial charge is 0.481 e. The molecule has 2 aliphatic rings. The zero-order chi connectivity index (χ0) is 28.3. The summed E-state index contributed by atoms with van der Waals surface area (Å²) in [6, 6.07) is 3.99. The maximum absolute atomic E-state index is 11.7. The van der Waals surface area contributed by atoms with Crippen LogP contribution in [-0.2, 0) is 16.1 Å². The number of carbonyl (C=O) groups is 1. The topological polar surface area (TPSA) is 160 Å². The number of nitrogens with zero attached hydrogens (tertiary/aromatic N) is 9. The molecule has 0 aromatic carbocycles. The van der Waals surface area contributed by atoms with E-state index >= 15 is 0 Å². The van der Waals surface area contributed by atoms with E-state index in [4.69, 9.17) is 30.3 Å². The number of hydrogen-bond acceptors (Lipinski definition) is 13. The van der Waals surface area contributed by atoms with Crippen LogP contribution >= 0.6 is 0 Å². The fourth-order valence-electron chi connectivity index (χ4n) is 5.40. The fourth-order valence-corrected chi connectivity index (χ4v) is 5.40. The van der Waals surface area contributed by atoms with E-state index in [1.807, 2.05) is 24.1 Å². The van der Waals surface area contributed by atoms with Crippen molar-refractivity contribution < 1.29 is 19.1 Å². The second-order valence-corrected chi connectivity index (χ2v) is 10.1. The average molecular weight is 561 g/mol. The van der Waals surface area contributed by atoms with Crippen LogP contribution in [0.3, 0.4) is 0 Å². The summed E-state index contributed by atoms with van der Waals surface area (Å²) < 4.78 is 13.1. The first-order valence-electron chi connectivity index (χ1n) is 13.6. The van der Waals surface area contributed by atoms with Crippen molar-refractivity contribution in [2.24, 2.45) is 5.90 Å². The average Bonchev–Trinajstić information content (AvgIpc) is 3.68. The zero-order valence-corrected chi connectivity index (χ0v) is 23.1. The van der Waals surface area contributed by atoms with Crippen molar-refractivity contribution in [2.45, 2.75) is 38.3 Å². The van der Waals surface area contributed by atoms with Gasteiger partial charge in [-0.3, -0.25) is 0 Å². The summed E-state index contributed by atoms with van der Waals surface area (Å²) in [6.07, 6.45) is 8.91. The molecule has 41 heavy (non-hydrogen) atoms. The quantitative estimate of drug-likeness (QED) is 0.313. The molecular formula is C27H32N10O4. The van der Waals surface area contributed by atoms with Crippen molar-refractivity contribution >= 4 is 28.9 Å². The third kappa shape index (κ3) is 5.35. The molecule has 2 N–H and O–H groups in total. The molecule has 6 rings (SSSR count). The Morgan fingerprint density at radius 3 is 2.49 bits per heavy atom. The number of hydrogen-bond donors (Lipinski definition) is 1. The van der Waals surface area contributed by atoms with Gasteiger partial charge in [0.25, 0.3) is 0 Å². The van der Waals surface area contributed by atoms with Crippen LogP contribution in [0, 0.1) is 0 Å². The van der Waals surface area contributed by atoms with Gasteiger partial charge in [-0.15, -0.1) is 0 Å². The van der Waals surface area contributed by atoms with Crippen LogP contribution in [0.25, 0.3) is 22.6 Å². The summed E-state index contributed by atoms with van der Waals surface area (Å²) in [7, 11) is 3.48. The summed E-state index contributed by atoms with van der Waals surface area (Å²) >= 11 is 0. The molecule has 14 heteroatoms. The minimum absolute atomic E-state index is 0.175. The van der Waals surface area contributed by atoms with Gasteiger partial charge in [0.05, 0.1) is 32.4 Å². The van der Waals surface area contributed by atoms with Gasteiger partial charge in [-0.2, -0.15) is 5.90 Å². The molecule has 0 unspecified atom stereocenters. The maximum atomic E-state index is 11.7. The van der Waals surface area contributed by atoms with E-state index in [1.165, 1.54) is 12.4 Å². The summed E-state index contributed by atoms with van der Waals surface area (Å²) in [5.74, 6) is 7.47. The number of aromatic nitrogens is 7. The molecule has 2 fully saturated rings. The SMILES string of the molecule is COc1ccc(-c2nc(N3CCOCC3)c3nc(CN(C)c4ncc(C(=O)ON)cn4)n(C4CCCC4)c3n2)cn1. The van der Waals surface area contributed by atoms with Crippen LogP contribution in [0.2, 0.25) is 0 Å². The van der Waals surface area contributed by atoms with Crippen molar-refractivity contribution in [1.82, 2.24) is 34.5 Å². The van der Waals surface area contributed by atoms with Gasteiger partial charge in [0.2, 0.25) is 11.8 Å². The molecule has 4 aromatic rings. The third-order valence-corrected chi connectivity index (χ3v) is 7.50. The van der Waals surface area contributed by atoms with Crippen molar-refractivity contribution in [1.29, 1.82) is 0 Å². The lowest BCUT2D eigenvalue weighted by Gasteiger charge is -2.28. The van der Waals surface area contributed by atoms with Gasteiger partial charge in [-0.05, 0) is 18.9 Å². The van der Waals surface area contributed by atoms with E-state index in [0.717, 1.165) is 54.1 Å². The highest BCUT2D eigenvalue weighted by atomic mass is 16.7. The van der Waals surface area contributed by atoms with E-state index in [2.05, 4.69) is 29.3 Å². The molecule has 0 atom stereocenters. The molecular weight excluding hydrogens is 528 g/mol. The smallest absolute Gasteiger partial charge is 0.359 e. The Bertz CT molecular complexity index is 1510. The highest BCUT2D eigenvalue weighted by Crippen LogP contribution is 2.36. The molecule has 1 aliphatic carbocycles. The normalized spacial score (nSPS) is 15.8. The number of ether oxygens (including phenoxy) is 2. The molecule has 0 radical (unpaired) electrons. The lowest BCUT2D eigenvalue weighted by molar-refractivity contribution is 0.0502. The Balaban J connectivity index is 1.45. The first kappa shape index (κ1) is 26.8. The van der Waals surface area contributed by atoms with E-state index < -0.39 is 5.97 Å². The molecule has 1 saturated carbocycles. The highest BCUT2D eigenvalue weighted by molar-refractivity contribution is 5.88. The van der Waals surface area contributed by atoms with E-state index in [1.54, 1.807) is 13.3 Å². The lowest BCUT2D eigenvalue weighted by atomic mass is 10.2. The second-order valence-electron chi connectivity index (χ2n) is 10.1. The summed E-state index contributed by atoms with van der Waals surface area (Å²) in [6.45, 7) is 3.09. The van der Waals surface area contributed by atoms with Crippen LogP contribution < -0.4 is 20.4 Å². The first-order valence-corrected chi connectivity index (χ1v) is 13.6. The minimum Gasteiger partial charge on any atom is -0.481 e. The molecule has 14 nitrogen and oxygen atoms in total. The first-order chi connectivity index (χ1) is 20.1. The number of anilines is 2. The van der Waals surface area contributed by atoms with E-state index in [0.29, 0.717) is 50.5 Å². The Morgan fingerprint density at radius 2 is 1.83 bits per heavy atom. The zero-order valence-electron chi connectivity index (χ0n) is 23.1. The van der Waals surface area contributed by atoms with Crippen LogP contribution in [0.5, 0.6) is 5.88 Å². The summed E-state index contributed by atoms with van der Waals surface area (Å²) in [4.78, 5) is 48.4. The molecule has 214 valence electrons. The van der Waals surface area contributed by atoms with E-state index in [9.17, 15) is 4.79 Å². The van der Waals surface area contributed by atoms with Crippen molar-refractivity contribution in [3.63, 3.8) is 0 Å². The Kier molecular flexibility index (Phi) is 7.57. The third-order valence-electron chi connectivity index (χ3n) is 7.50. The van der Waals surface area contributed by atoms with Crippen molar-refractivity contribution in [3.8, 4) is 17.3 Å². The fraction of sp³-hybridized carbons (Fsp3) is 0.444. The number of methoxy groups -OCH3 is 1. The second kappa shape index (κ2) is 11.6. The van der Waals surface area contributed by atoms with Gasteiger partial charge in [0, 0.05) is 56.4 Å². The maximum Gasteiger partial charge on any atom is 0.359 e. The monoisotopic (exact) mass is 560 g/mol. The predicted octanol–water partition coefficient (Wildman–Crippen LogP) is 2.31. The Hall–Kier alpha value is -4.43. The molecule has 1 aliphatic heterocycles. The highest BCUT2D eigenvalue weighted by Gasteiger charge is 2.29. The molecule has 4 aromatic heterocycles. The molecule has 5 heterocycles. The van der Waals surface area contributed by atoms with Gasteiger partial charge >= 0.3 is 5.97 Å². The number of fused-ring (bicyclic) bond motifs is 1. The van der Waals surface area contributed by atoms with Gasteiger partial charge < -0.3 is 28.7 Å². The molecule has 1 saturated heterocycles. The number of rotatable bonds is 8. The van der Waals surface area contributed by atoms with Crippen molar-refractivity contribution in [3.05, 3.63) is 42.1 Å². The van der Waals surface area contributed by atoms with Gasteiger partial charge in [0.15, 0.2) is 22.8 Å². The van der Waals surface area contributed by atoms with Crippen LogP contribution in [-0.4, -0.2) is 80.9 Å². The van der Waals surface area contributed by atoms with Crippen molar-refractivity contribution in [2.75, 3.05) is 50.3 Å². The predicted molar refractivity (Wildman–Crippen MR) is 149 cm³/mol. The number of morpholine rings is 1. The van der Waals surface area contributed by atoms with Gasteiger partial charge in [-0.1, -0.05) is 12.8 Å². The standard InChI is InChI=1S/C27H32N10O4/c1-35(27-30-14-18(15-31-27)26(38)41-28)16-20-32-22-24(36-9-11-40-12-10-36)33-23(17-7-8-21(39-2)29-13-17)34-25(22)37(20)19-5-3-4-6-19/h7-8,13-15,19H,3-6,9-12,16,28H2,1-2H3. The minimum atomic E-state index is -0.695. The summed E-state index contributed by atoms with van der Waals surface area (Å²) in [5.41, 5.74) is 2.53. The number of pyridine rings is 1. The number of imidazole rings is 1. The van der Waals surface area contributed by atoms with Gasteiger partial charge in [-0.25, -0.2) is 34.7 Å². The van der Waals surface area contributed by atoms with Crippen LogP contribution in [0.4, 0.5) is 11.8 Å². The number of nitrogens with two attached hydrogens (primary N) is 1. The molecule has 0 amide bonds. The Labute approximate surface area is 236 Å². The van der Waals surface area contributed by atoms with E-state index in [-0.39, 0.29) is 11.6 Å². The number of carbonyl (C=O) groups excluding carboxylic acids is 1. The lowest BCUT2D eigenvalue weighted by Crippen LogP contribution is -2.37. The Morgan fingerprint density at radius 1 is 1.07 bits per heavy atom. The van der Waals surface area contributed by atoms with Crippen LogP contribution in [0.15, 0.2) is 30.7 Å². The van der Waals surface area contributed by atoms with Crippen LogP contribution in [0.1, 0.15) is 47.9 Å². The van der Waals surface area contributed by atoms with Gasteiger partial charge in [0.1, 0.15) is 5.82 Å². The summed E-state index contributed by atoms with van der Waals surface area (Å²) in [5, 5.41) is 0.